The Morgan fingerprint density at radius 2 is 1.31 bits per heavy atom. The van der Waals surface area contributed by atoms with Crippen LogP contribution < -0.4 is 4.74 Å². The molecular weight excluding hydrogens is 504 g/mol. The van der Waals surface area contributed by atoms with Crippen molar-refractivity contribution >= 4 is 17.6 Å². The first kappa shape index (κ1) is 25.4. The Bertz CT molecular complexity index is 1640. The van der Waals surface area contributed by atoms with Crippen LogP contribution in [0.2, 0.25) is 0 Å². The van der Waals surface area contributed by atoms with Gasteiger partial charge < -0.3 is 35.4 Å². The predicted octanol–water partition coefficient (Wildman–Crippen LogP) is 4.31. The van der Waals surface area contributed by atoms with E-state index in [9.17, 15) is 40.2 Å². The van der Waals surface area contributed by atoms with E-state index in [1.54, 1.807) is 6.07 Å². The molecule has 4 aromatic carbocycles. The molecule has 0 saturated heterocycles. The second-order valence-electron chi connectivity index (χ2n) is 9.04. The molecule has 39 heavy (non-hydrogen) atoms. The van der Waals surface area contributed by atoms with Crippen LogP contribution in [-0.4, -0.2) is 42.2 Å². The number of rotatable bonds is 6. The number of allylic oxidation sites excluding steroid dienone is 1. The van der Waals surface area contributed by atoms with Gasteiger partial charge >= 0.3 is 0 Å². The molecule has 9 heteroatoms. The van der Waals surface area contributed by atoms with Crippen LogP contribution in [-0.2, 0) is 5.60 Å². The number of hydrogen-bond acceptors (Lipinski definition) is 9. The van der Waals surface area contributed by atoms with Crippen LogP contribution in [0.4, 0.5) is 0 Å². The van der Waals surface area contributed by atoms with Crippen molar-refractivity contribution < 1.29 is 45.0 Å². The third kappa shape index (κ3) is 4.51. The van der Waals surface area contributed by atoms with Crippen LogP contribution in [0.1, 0.15) is 43.5 Å². The van der Waals surface area contributed by atoms with Gasteiger partial charge in [-0.15, -0.1) is 0 Å². The Labute approximate surface area is 221 Å². The highest BCUT2D eigenvalue weighted by atomic mass is 16.5. The number of carbonyl (C=O) groups is 2. The summed E-state index contributed by atoms with van der Waals surface area (Å²) >= 11 is 0. The zero-order valence-electron chi connectivity index (χ0n) is 20.1. The van der Waals surface area contributed by atoms with Gasteiger partial charge in [0.05, 0.1) is 11.1 Å². The first-order valence-corrected chi connectivity index (χ1v) is 11.7. The Morgan fingerprint density at radius 3 is 1.92 bits per heavy atom. The molecule has 0 saturated carbocycles. The number of hydrogen-bond donors (Lipinski definition) is 6. The van der Waals surface area contributed by atoms with E-state index in [0.29, 0.717) is 11.1 Å². The van der Waals surface area contributed by atoms with Gasteiger partial charge in [-0.2, -0.15) is 0 Å². The largest absolute Gasteiger partial charge is 0.508 e. The highest BCUT2D eigenvalue weighted by molar-refractivity contribution is 6.09. The van der Waals surface area contributed by atoms with Crippen molar-refractivity contribution in [2.24, 2.45) is 0 Å². The topological polar surface area (TPSA) is 165 Å². The van der Waals surface area contributed by atoms with Crippen LogP contribution >= 0.6 is 0 Å². The molecule has 0 unspecified atom stereocenters. The molecule has 1 aliphatic rings. The van der Waals surface area contributed by atoms with Gasteiger partial charge in [-0.3, -0.25) is 9.59 Å². The third-order valence-electron chi connectivity index (χ3n) is 6.48. The number of phenols is 5. The number of benzene rings is 4. The summed E-state index contributed by atoms with van der Waals surface area (Å²) in [5, 5.41) is 61.2. The van der Waals surface area contributed by atoms with Gasteiger partial charge in [0.15, 0.2) is 17.5 Å². The molecule has 0 spiro atoms. The van der Waals surface area contributed by atoms with Crippen LogP contribution in [0, 0.1) is 0 Å². The SMILES string of the molecule is O=C(C=Cc1ccc2c(c1)[C@@](O)(C(=O)c1ccc(O)cc1O)[C@H](c1ccc(O)cc1)O2)c1ccc(O)cc1O. The van der Waals surface area contributed by atoms with Crippen molar-refractivity contribution in [3.05, 3.63) is 113 Å². The Kier molecular flexibility index (Phi) is 6.21. The second-order valence-corrected chi connectivity index (χ2v) is 9.04. The first-order valence-electron chi connectivity index (χ1n) is 11.7. The fourth-order valence-electron chi connectivity index (χ4n) is 4.51. The van der Waals surface area contributed by atoms with Crippen molar-refractivity contribution in [2.75, 3.05) is 0 Å². The number of Topliss-reactive ketones (excluding diaryl/α,β-unsaturated/α-hetero) is 1. The lowest BCUT2D eigenvalue weighted by molar-refractivity contribution is -0.0216. The Morgan fingerprint density at radius 1 is 0.718 bits per heavy atom. The van der Waals surface area contributed by atoms with Crippen molar-refractivity contribution in [3.8, 4) is 34.5 Å². The molecule has 6 N–H and O–H groups in total. The van der Waals surface area contributed by atoms with E-state index in [1.807, 2.05) is 0 Å². The molecule has 0 fully saturated rings. The molecule has 0 amide bonds. The van der Waals surface area contributed by atoms with E-state index < -0.39 is 34.8 Å². The molecule has 1 aliphatic heterocycles. The van der Waals surface area contributed by atoms with Crippen LogP contribution in [0.3, 0.4) is 0 Å². The van der Waals surface area contributed by atoms with Crippen molar-refractivity contribution in [2.45, 2.75) is 11.7 Å². The summed E-state index contributed by atoms with van der Waals surface area (Å²) in [7, 11) is 0. The average molecular weight is 526 g/mol. The number of ether oxygens (including phenoxy) is 1. The Balaban J connectivity index is 1.57. The number of aromatic hydroxyl groups is 5. The third-order valence-corrected chi connectivity index (χ3v) is 6.48. The maximum absolute atomic E-state index is 13.8. The molecule has 2 atom stereocenters. The first-order chi connectivity index (χ1) is 18.6. The van der Waals surface area contributed by atoms with Crippen LogP contribution in [0.25, 0.3) is 6.08 Å². The molecule has 4 aromatic rings. The van der Waals surface area contributed by atoms with Gasteiger partial charge in [-0.1, -0.05) is 24.3 Å². The summed E-state index contributed by atoms with van der Waals surface area (Å²) in [5.74, 6) is -2.70. The quantitative estimate of drug-likeness (QED) is 0.159. The zero-order valence-corrected chi connectivity index (χ0v) is 20.1. The van der Waals surface area contributed by atoms with Crippen LogP contribution in [0.5, 0.6) is 34.5 Å². The van der Waals surface area contributed by atoms with Gasteiger partial charge in [0.25, 0.3) is 0 Å². The second kappa shape index (κ2) is 9.55. The lowest BCUT2D eigenvalue weighted by Crippen LogP contribution is -2.40. The molecule has 5 rings (SSSR count). The number of carbonyl (C=O) groups excluding carboxylic acids is 2. The summed E-state index contributed by atoms with van der Waals surface area (Å²) in [6.07, 6.45) is 1.35. The maximum Gasteiger partial charge on any atom is 0.207 e. The van der Waals surface area contributed by atoms with E-state index in [2.05, 4.69) is 0 Å². The molecule has 196 valence electrons. The Hall–Kier alpha value is -5.28. The van der Waals surface area contributed by atoms with Gasteiger partial charge in [-0.25, -0.2) is 0 Å². The summed E-state index contributed by atoms with van der Waals surface area (Å²) < 4.78 is 6.00. The molecule has 0 aliphatic carbocycles. The summed E-state index contributed by atoms with van der Waals surface area (Å²) in [5.41, 5.74) is -1.78. The summed E-state index contributed by atoms with van der Waals surface area (Å²) in [6, 6.07) is 17.3. The van der Waals surface area contributed by atoms with Crippen molar-refractivity contribution in [1.82, 2.24) is 0 Å². The lowest BCUT2D eigenvalue weighted by Gasteiger charge is -2.28. The van der Waals surface area contributed by atoms with E-state index >= 15 is 0 Å². The van der Waals surface area contributed by atoms with E-state index in [4.69, 9.17) is 4.74 Å². The summed E-state index contributed by atoms with van der Waals surface area (Å²) in [4.78, 5) is 26.4. The fourth-order valence-corrected chi connectivity index (χ4v) is 4.51. The number of phenolic OH excluding ortho intramolecular Hbond substituents is 5. The minimum Gasteiger partial charge on any atom is -0.508 e. The highest BCUT2D eigenvalue weighted by Crippen LogP contribution is 2.51. The molecule has 1 heterocycles. The molecule has 0 radical (unpaired) electrons. The normalized spacial score (nSPS) is 18.0. The number of aliphatic hydroxyl groups is 1. The summed E-state index contributed by atoms with van der Waals surface area (Å²) in [6.45, 7) is 0. The van der Waals surface area contributed by atoms with Gasteiger partial charge in [0.1, 0.15) is 34.5 Å². The zero-order chi connectivity index (χ0) is 27.9. The maximum atomic E-state index is 13.8. The molecule has 9 nitrogen and oxygen atoms in total. The van der Waals surface area contributed by atoms with Crippen LogP contribution in [0.15, 0.2) is 84.9 Å². The van der Waals surface area contributed by atoms with Gasteiger partial charge in [-0.05, 0) is 65.7 Å². The van der Waals surface area contributed by atoms with E-state index in [0.717, 1.165) is 12.1 Å². The van der Waals surface area contributed by atoms with Gasteiger partial charge in [0, 0.05) is 17.7 Å². The standard InChI is InChI=1S/C30H22O9/c31-18-5-3-17(4-6-18)29-30(38,28(37)22-10-8-20(33)15-26(22)36)23-13-16(2-12-27(23)39-29)1-11-24(34)21-9-7-19(32)14-25(21)35/h1-15,29,31-33,35-36,38H/t29-,30+/m0/s1. The number of ketones is 2. The predicted molar refractivity (Wildman–Crippen MR) is 139 cm³/mol. The minimum atomic E-state index is -2.34. The monoisotopic (exact) mass is 526 g/mol. The number of fused-ring (bicyclic) bond motifs is 1. The fraction of sp³-hybridized carbons (Fsp3) is 0.0667. The van der Waals surface area contributed by atoms with E-state index in [-0.39, 0.29) is 39.7 Å². The smallest absolute Gasteiger partial charge is 0.207 e. The average Bonchev–Trinajstić information content (AvgIpc) is 3.20. The van der Waals surface area contributed by atoms with Crippen molar-refractivity contribution in [3.63, 3.8) is 0 Å². The minimum absolute atomic E-state index is 0.0305. The lowest BCUT2D eigenvalue weighted by atomic mass is 9.79. The molecule has 0 aromatic heterocycles. The molecular formula is C30H22O9. The highest BCUT2D eigenvalue weighted by Gasteiger charge is 2.55. The molecule has 0 bridgehead atoms. The van der Waals surface area contributed by atoms with Crippen molar-refractivity contribution in [1.29, 1.82) is 0 Å². The van der Waals surface area contributed by atoms with Gasteiger partial charge in [0.2, 0.25) is 5.78 Å². The van der Waals surface area contributed by atoms with E-state index in [1.165, 1.54) is 72.8 Å².